The molecule has 1 aromatic carbocycles. The monoisotopic (exact) mass is 317 g/mol. The van der Waals surface area contributed by atoms with Crippen molar-refractivity contribution in [3.63, 3.8) is 0 Å². The van der Waals surface area contributed by atoms with Crippen LogP contribution in [-0.2, 0) is 15.5 Å². The van der Waals surface area contributed by atoms with Crippen LogP contribution in [0.25, 0.3) is 0 Å². The van der Waals surface area contributed by atoms with Crippen LogP contribution < -0.4 is 5.32 Å². The number of rotatable bonds is 5. The first-order valence-corrected chi connectivity index (χ1v) is 8.86. The summed E-state index contributed by atoms with van der Waals surface area (Å²) in [6, 6.07) is 4.59. The molecule has 0 aromatic heterocycles. The third-order valence-corrected chi connectivity index (χ3v) is 4.74. The highest BCUT2D eigenvalue weighted by molar-refractivity contribution is 8.13. The van der Waals surface area contributed by atoms with Gasteiger partial charge in [-0.3, -0.25) is 4.79 Å². The highest BCUT2D eigenvalue weighted by Gasteiger charge is 2.19. The summed E-state index contributed by atoms with van der Waals surface area (Å²) in [6.45, 7) is 7.74. The lowest BCUT2D eigenvalue weighted by molar-refractivity contribution is 0.0930. The third-order valence-electron chi connectivity index (χ3n) is 3.33. The smallest absolute Gasteiger partial charge is 0.261 e. The molecule has 0 aliphatic rings. The number of amides is 1. The van der Waals surface area contributed by atoms with Gasteiger partial charge in [0.15, 0.2) is 0 Å². The Morgan fingerprint density at radius 1 is 1.30 bits per heavy atom. The summed E-state index contributed by atoms with van der Waals surface area (Å²) >= 11 is 0. The summed E-state index contributed by atoms with van der Waals surface area (Å²) in [5.74, 6) is 0.000477. The van der Waals surface area contributed by atoms with E-state index in [1.807, 2.05) is 27.7 Å². The number of halogens is 1. The number of hydrogen-bond donors (Lipinski definition) is 1. The lowest BCUT2D eigenvalue weighted by Gasteiger charge is -2.17. The first kappa shape index (κ1) is 17.0. The van der Waals surface area contributed by atoms with Gasteiger partial charge >= 0.3 is 0 Å². The Morgan fingerprint density at radius 2 is 1.90 bits per heavy atom. The predicted octanol–water partition coefficient (Wildman–Crippen LogP) is 2.95. The fourth-order valence-corrected chi connectivity index (χ4v) is 2.90. The first-order valence-electron chi connectivity index (χ1n) is 6.55. The van der Waals surface area contributed by atoms with E-state index in [-0.39, 0.29) is 16.8 Å². The number of aryl methyl sites for hydroxylation is 1. The molecule has 0 saturated heterocycles. The van der Waals surface area contributed by atoms with Crippen molar-refractivity contribution in [2.24, 2.45) is 5.92 Å². The largest absolute Gasteiger partial charge is 0.349 e. The predicted molar refractivity (Wildman–Crippen MR) is 80.6 cm³/mol. The van der Waals surface area contributed by atoms with Gasteiger partial charge in [0.25, 0.3) is 15.0 Å². The second-order valence-electron chi connectivity index (χ2n) is 5.12. The van der Waals surface area contributed by atoms with Crippen molar-refractivity contribution in [3.05, 3.63) is 29.3 Å². The number of nitrogens with one attached hydrogen (secondary N) is 1. The van der Waals surface area contributed by atoms with Crippen LogP contribution in [0.3, 0.4) is 0 Å². The molecule has 0 aliphatic heterocycles. The van der Waals surface area contributed by atoms with E-state index in [1.54, 1.807) is 12.1 Å². The minimum absolute atomic E-state index is 0.00408. The fraction of sp³-hybridized carbons (Fsp3) is 0.500. The van der Waals surface area contributed by atoms with Crippen LogP contribution in [0.2, 0.25) is 0 Å². The Labute approximate surface area is 124 Å². The quantitative estimate of drug-likeness (QED) is 0.849. The van der Waals surface area contributed by atoms with Gasteiger partial charge in [0.05, 0.1) is 4.90 Å². The van der Waals surface area contributed by atoms with Gasteiger partial charge in [-0.05, 0) is 37.0 Å². The molecule has 4 nitrogen and oxygen atoms in total. The summed E-state index contributed by atoms with van der Waals surface area (Å²) < 4.78 is 23.1. The van der Waals surface area contributed by atoms with E-state index >= 15 is 0 Å². The summed E-state index contributed by atoms with van der Waals surface area (Å²) in [4.78, 5) is 12.1. The van der Waals surface area contributed by atoms with E-state index in [0.29, 0.717) is 23.5 Å². The van der Waals surface area contributed by atoms with E-state index in [9.17, 15) is 13.2 Å². The van der Waals surface area contributed by atoms with Crippen molar-refractivity contribution in [3.8, 4) is 0 Å². The molecule has 0 fully saturated rings. The second-order valence-corrected chi connectivity index (χ2v) is 7.65. The summed E-state index contributed by atoms with van der Waals surface area (Å²) in [7, 11) is 1.56. The molecule has 0 spiro atoms. The molecule has 20 heavy (non-hydrogen) atoms. The maximum atomic E-state index is 12.1. The molecule has 1 aromatic rings. The zero-order valence-electron chi connectivity index (χ0n) is 12.1. The summed E-state index contributed by atoms with van der Waals surface area (Å²) in [5.41, 5.74) is 0.905. The molecule has 1 amide bonds. The molecule has 0 heterocycles. The SMILES string of the molecule is CCc1ccc(C(=O)NC(C)C(C)C)cc1S(=O)(=O)Cl. The van der Waals surface area contributed by atoms with Gasteiger partial charge in [0, 0.05) is 22.3 Å². The van der Waals surface area contributed by atoms with Crippen molar-refractivity contribution in [1.29, 1.82) is 0 Å². The topological polar surface area (TPSA) is 63.2 Å². The molecule has 6 heteroatoms. The van der Waals surface area contributed by atoms with Crippen molar-refractivity contribution >= 4 is 25.6 Å². The molecule has 1 N–H and O–H groups in total. The van der Waals surface area contributed by atoms with E-state index in [0.717, 1.165) is 0 Å². The number of carbonyl (C=O) groups excluding carboxylic acids is 1. The second kappa shape index (κ2) is 6.59. The van der Waals surface area contributed by atoms with Gasteiger partial charge in [-0.25, -0.2) is 8.42 Å². The van der Waals surface area contributed by atoms with Gasteiger partial charge in [-0.15, -0.1) is 0 Å². The normalized spacial score (nSPS) is 13.3. The van der Waals surface area contributed by atoms with Crippen LogP contribution in [-0.4, -0.2) is 20.4 Å². The zero-order chi connectivity index (χ0) is 15.5. The van der Waals surface area contributed by atoms with Crippen LogP contribution in [0.4, 0.5) is 0 Å². The van der Waals surface area contributed by atoms with Gasteiger partial charge in [-0.2, -0.15) is 0 Å². The highest BCUT2D eigenvalue weighted by atomic mass is 35.7. The van der Waals surface area contributed by atoms with Crippen molar-refractivity contribution in [2.45, 2.75) is 45.1 Å². The fourth-order valence-electron chi connectivity index (χ4n) is 1.67. The Balaban J connectivity index is 3.13. The van der Waals surface area contributed by atoms with Gasteiger partial charge in [0.1, 0.15) is 0 Å². The van der Waals surface area contributed by atoms with Crippen LogP contribution in [0, 0.1) is 5.92 Å². The molecule has 1 rings (SSSR count). The number of carbonyl (C=O) groups is 1. The molecule has 0 saturated carbocycles. The first-order chi connectivity index (χ1) is 9.16. The van der Waals surface area contributed by atoms with E-state index in [4.69, 9.17) is 10.7 Å². The maximum absolute atomic E-state index is 12.1. The molecule has 0 bridgehead atoms. The van der Waals surface area contributed by atoms with Crippen LogP contribution in [0.5, 0.6) is 0 Å². The number of benzene rings is 1. The minimum Gasteiger partial charge on any atom is -0.349 e. The molecular weight excluding hydrogens is 298 g/mol. The molecule has 1 unspecified atom stereocenters. The van der Waals surface area contributed by atoms with E-state index < -0.39 is 9.05 Å². The van der Waals surface area contributed by atoms with Crippen molar-refractivity contribution in [2.75, 3.05) is 0 Å². The number of hydrogen-bond acceptors (Lipinski definition) is 3. The van der Waals surface area contributed by atoms with Crippen molar-refractivity contribution in [1.82, 2.24) is 5.32 Å². The zero-order valence-corrected chi connectivity index (χ0v) is 13.7. The van der Waals surface area contributed by atoms with Gasteiger partial charge in [0.2, 0.25) is 0 Å². The molecular formula is C14H20ClNO3S. The Kier molecular flexibility index (Phi) is 5.59. The summed E-state index contributed by atoms with van der Waals surface area (Å²) in [6.07, 6.45) is 0.533. The Bertz CT molecular complexity index is 596. The van der Waals surface area contributed by atoms with E-state index in [1.165, 1.54) is 6.07 Å². The molecule has 0 radical (unpaired) electrons. The lowest BCUT2D eigenvalue weighted by Crippen LogP contribution is -2.36. The standard InChI is InChI=1S/C14H20ClNO3S/c1-5-11-6-7-12(8-13(11)20(15,18)19)14(17)16-10(4)9(2)3/h6-10H,5H2,1-4H3,(H,16,17). The van der Waals surface area contributed by atoms with Crippen molar-refractivity contribution < 1.29 is 13.2 Å². The van der Waals surface area contributed by atoms with Gasteiger partial charge < -0.3 is 5.32 Å². The van der Waals surface area contributed by atoms with Crippen LogP contribution in [0.15, 0.2) is 23.1 Å². The third kappa shape index (κ3) is 4.21. The average molecular weight is 318 g/mol. The van der Waals surface area contributed by atoms with Crippen LogP contribution >= 0.6 is 10.7 Å². The maximum Gasteiger partial charge on any atom is 0.261 e. The lowest BCUT2D eigenvalue weighted by atomic mass is 10.1. The summed E-state index contributed by atoms with van der Waals surface area (Å²) in [5, 5.41) is 2.83. The molecule has 0 aliphatic carbocycles. The molecule has 112 valence electrons. The Hall–Kier alpha value is -1.07. The highest BCUT2D eigenvalue weighted by Crippen LogP contribution is 2.22. The van der Waals surface area contributed by atoms with E-state index in [2.05, 4.69) is 5.32 Å². The molecule has 1 atom stereocenters. The van der Waals surface area contributed by atoms with Crippen LogP contribution in [0.1, 0.15) is 43.6 Å². The minimum atomic E-state index is -3.85. The Morgan fingerprint density at radius 3 is 2.35 bits per heavy atom. The average Bonchev–Trinajstić information content (AvgIpc) is 2.36. The van der Waals surface area contributed by atoms with Gasteiger partial charge in [-0.1, -0.05) is 26.8 Å².